The molecule has 1 unspecified atom stereocenters. The van der Waals surface area contributed by atoms with Gasteiger partial charge in [-0.15, -0.1) is 0 Å². The smallest absolute Gasteiger partial charge is 0.481 e. The van der Waals surface area contributed by atoms with Crippen molar-refractivity contribution < 1.29 is 38.7 Å². The fourth-order valence-corrected chi connectivity index (χ4v) is 0.742. The minimum absolute atomic E-state index is 0. The summed E-state index contributed by atoms with van der Waals surface area (Å²) in [6.45, 7) is 8.34. The Kier molecular flexibility index (Phi) is 18.1. The Hall–Kier alpha value is -0.463. The summed E-state index contributed by atoms with van der Waals surface area (Å²) in [6.07, 6.45) is 2.99. The van der Waals surface area contributed by atoms with Gasteiger partial charge in [-0.1, -0.05) is 33.1 Å². The Morgan fingerprint density at radius 3 is 1.67 bits per heavy atom. The molecule has 0 bridgehead atoms. The summed E-state index contributed by atoms with van der Waals surface area (Å²) in [5, 5.41) is 15.4. The Bertz CT molecular complexity index is 159. The largest absolute Gasteiger partial charge is 1.00 e. The normalized spacial score (nSPS) is 10.3. The minimum Gasteiger partial charge on any atom is -0.481 e. The Labute approximate surface area is 103 Å². The molecule has 4 nitrogen and oxygen atoms in total. The van der Waals surface area contributed by atoms with E-state index in [4.69, 9.17) is 10.2 Å². The van der Waals surface area contributed by atoms with E-state index in [0.29, 0.717) is 5.92 Å². The van der Waals surface area contributed by atoms with Gasteiger partial charge in [0, 0.05) is 0 Å². The average Bonchev–Trinajstić information content (AvgIpc) is 2.03. The van der Waals surface area contributed by atoms with Gasteiger partial charge in [0.15, 0.2) is 0 Å². The van der Waals surface area contributed by atoms with Gasteiger partial charge in [-0.2, -0.15) is 5.92 Å². The summed E-state index contributed by atoms with van der Waals surface area (Å²) in [4.78, 5) is 18.9. The van der Waals surface area contributed by atoms with Crippen LogP contribution in [0.2, 0.25) is 0 Å². The van der Waals surface area contributed by atoms with Crippen molar-refractivity contribution in [2.24, 2.45) is 5.92 Å². The summed E-state index contributed by atoms with van der Waals surface area (Å²) in [6, 6.07) is 0. The van der Waals surface area contributed by atoms with Crippen molar-refractivity contribution in [2.75, 3.05) is 0 Å². The molecule has 0 amide bonds. The van der Waals surface area contributed by atoms with Gasteiger partial charge in [-0.25, -0.2) is 0 Å². The van der Waals surface area contributed by atoms with Gasteiger partial charge in [0.05, 0.1) is 0 Å². The zero-order valence-electron chi connectivity index (χ0n) is 9.82. The second-order valence-corrected chi connectivity index (χ2v) is 3.03. The molecule has 15 heavy (non-hydrogen) atoms. The maximum Gasteiger partial charge on any atom is 1.00 e. The summed E-state index contributed by atoms with van der Waals surface area (Å²) < 4.78 is 0. The molecule has 0 aliphatic rings. The molecule has 0 saturated heterocycles. The fourth-order valence-electron chi connectivity index (χ4n) is 0.742. The monoisotopic (exact) mass is 210 g/mol. The number of carboxylic acids is 2. The standard InChI is InChI=1S/C7H15.C3H4O4.Li/c1-4-6-7(3)5-2;4-2(5)1-3(6)7;/h7H,3-6H2,1-2H3;1H2,(H,4,5)(H,6,7);/q-1;;+1. The van der Waals surface area contributed by atoms with Crippen LogP contribution >= 0.6 is 0 Å². The van der Waals surface area contributed by atoms with Crippen LogP contribution in [0, 0.1) is 12.8 Å². The van der Waals surface area contributed by atoms with E-state index in [1.807, 2.05) is 0 Å². The van der Waals surface area contributed by atoms with Gasteiger partial charge >= 0.3 is 30.8 Å². The van der Waals surface area contributed by atoms with Gasteiger partial charge in [0.2, 0.25) is 0 Å². The van der Waals surface area contributed by atoms with Crippen LogP contribution in [0.25, 0.3) is 0 Å². The molecule has 0 heterocycles. The first kappa shape index (κ1) is 20.0. The van der Waals surface area contributed by atoms with E-state index in [0.717, 1.165) is 0 Å². The van der Waals surface area contributed by atoms with Crippen LogP contribution in [0.3, 0.4) is 0 Å². The number of carbonyl (C=O) groups is 2. The van der Waals surface area contributed by atoms with E-state index in [1.54, 1.807) is 0 Å². The second kappa shape index (κ2) is 13.5. The molecule has 0 radical (unpaired) electrons. The van der Waals surface area contributed by atoms with E-state index in [-0.39, 0.29) is 18.9 Å². The first-order valence-electron chi connectivity index (χ1n) is 4.70. The molecule has 0 aliphatic heterocycles. The van der Waals surface area contributed by atoms with Crippen LogP contribution in [0.4, 0.5) is 0 Å². The predicted octanol–water partition coefficient (Wildman–Crippen LogP) is -0.804. The molecule has 0 aromatic heterocycles. The quantitative estimate of drug-likeness (QED) is 0.354. The van der Waals surface area contributed by atoms with Crippen LogP contribution in [-0.4, -0.2) is 22.2 Å². The topological polar surface area (TPSA) is 74.6 Å². The van der Waals surface area contributed by atoms with Gasteiger partial charge in [0.1, 0.15) is 6.42 Å². The maximum atomic E-state index is 9.43. The summed E-state index contributed by atoms with van der Waals surface area (Å²) in [5.41, 5.74) is 0. The van der Waals surface area contributed by atoms with Crippen LogP contribution in [0.1, 0.15) is 39.5 Å². The van der Waals surface area contributed by atoms with E-state index in [1.165, 1.54) is 19.3 Å². The molecule has 0 spiro atoms. The second-order valence-electron chi connectivity index (χ2n) is 3.03. The number of hydrogen-bond donors (Lipinski definition) is 2. The van der Waals surface area contributed by atoms with Crippen molar-refractivity contribution in [3.63, 3.8) is 0 Å². The van der Waals surface area contributed by atoms with Gasteiger partial charge in [0.25, 0.3) is 0 Å². The molecular weight excluding hydrogens is 191 g/mol. The van der Waals surface area contributed by atoms with Gasteiger partial charge < -0.3 is 17.1 Å². The molecule has 0 aromatic rings. The number of hydrogen-bond acceptors (Lipinski definition) is 2. The molecule has 0 rings (SSSR count). The molecule has 2 N–H and O–H groups in total. The zero-order chi connectivity index (χ0) is 11.6. The fraction of sp³-hybridized carbons (Fsp3) is 0.700. The number of aliphatic carboxylic acids is 2. The molecule has 5 heteroatoms. The molecule has 84 valence electrons. The first-order chi connectivity index (χ1) is 6.43. The van der Waals surface area contributed by atoms with Crippen molar-refractivity contribution in [3.05, 3.63) is 6.92 Å². The predicted molar refractivity (Wildman–Crippen MR) is 53.9 cm³/mol. The van der Waals surface area contributed by atoms with Gasteiger partial charge in [-0.3, -0.25) is 9.59 Å². The molecule has 0 fully saturated rings. The Balaban J connectivity index is -0.000000180. The first-order valence-corrected chi connectivity index (χ1v) is 4.70. The van der Waals surface area contributed by atoms with Crippen LogP contribution in [0.5, 0.6) is 0 Å². The van der Waals surface area contributed by atoms with Crippen LogP contribution in [-0.2, 0) is 9.59 Å². The number of rotatable bonds is 5. The van der Waals surface area contributed by atoms with Crippen molar-refractivity contribution >= 4 is 11.9 Å². The summed E-state index contributed by atoms with van der Waals surface area (Å²) >= 11 is 0. The minimum atomic E-state index is -1.31. The average molecular weight is 210 g/mol. The third-order valence-corrected chi connectivity index (χ3v) is 1.58. The van der Waals surface area contributed by atoms with Crippen LogP contribution in [0.15, 0.2) is 0 Å². The zero-order valence-corrected chi connectivity index (χ0v) is 9.82. The van der Waals surface area contributed by atoms with E-state index < -0.39 is 18.4 Å². The third-order valence-electron chi connectivity index (χ3n) is 1.58. The molecular formula is C10H19LiO4. The van der Waals surface area contributed by atoms with Crippen molar-refractivity contribution in [2.45, 2.75) is 39.5 Å². The molecule has 0 saturated carbocycles. The molecule has 0 aliphatic carbocycles. The Morgan fingerprint density at radius 1 is 1.20 bits per heavy atom. The van der Waals surface area contributed by atoms with E-state index >= 15 is 0 Å². The van der Waals surface area contributed by atoms with Crippen LogP contribution < -0.4 is 18.9 Å². The third kappa shape index (κ3) is 24.7. The van der Waals surface area contributed by atoms with Crippen molar-refractivity contribution in [1.29, 1.82) is 0 Å². The Morgan fingerprint density at radius 2 is 1.60 bits per heavy atom. The van der Waals surface area contributed by atoms with E-state index in [9.17, 15) is 9.59 Å². The SMILES string of the molecule is O=C(O)CC(=O)O.[CH2-]C(CC)CCC.[Li+]. The van der Waals surface area contributed by atoms with E-state index in [2.05, 4.69) is 20.8 Å². The van der Waals surface area contributed by atoms with Crippen molar-refractivity contribution in [1.82, 2.24) is 0 Å². The molecule has 1 atom stereocenters. The van der Waals surface area contributed by atoms with Gasteiger partial charge in [-0.05, 0) is 0 Å². The number of carboxylic acid groups (broad SMARTS) is 2. The summed E-state index contributed by atoms with van der Waals surface area (Å²) in [7, 11) is 0. The molecule has 0 aromatic carbocycles. The maximum absolute atomic E-state index is 9.43. The summed E-state index contributed by atoms with van der Waals surface area (Å²) in [5.74, 6) is -1.93. The van der Waals surface area contributed by atoms with Crippen molar-refractivity contribution in [3.8, 4) is 0 Å².